The molecule has 3 aromatic rings. The van der Waals surface area contributed by atoms with E-state index in [9.17, 15) is 4.79 Å². The maximum atomic E-state index is 11.9. The summed E-state index contributed by atoms with van der Waals surface area (Å²) in [5.41, 5.74) is 4.21. The van der Waals surface area contributed by atoms with Crippen LogP contribution < -0.4 is 5.56 Å². The van der Waals surface area contributed by atoms with Crippen LogP contribution in [0.15, 0.2) is 34.4 Å². The topological polar surface area (TPSA) is 45.8 Å². The van der Waals surface area contributed by atoms with Crippen LogP contribution in [0, 0.1) is 6.92 Å². The summed E-state index contributed by atoms with van der Waals surface area (Å²) in [6.45, 7) is 3.95. The molecule has 0 atom stereocenters. The van der Waals surface area contributed by atoms with E-state index in [-0.39, 0.29) is 5.56 Å². The largest absolute Gasteiger partial charge is 0.310 e. The molecule has 0 aliphatic heterocycles. The fourth-order valence-corrected chi connectivity index (χ4v) is 3.07. The molecule has 0 aliphatic carbocycles. The van der Waals surface area contributed by atoms with Crippen LogP contribution in [0.25, 0.3) is 21.3 Å². The first-order chi connectivity index (χ1) is 9.19. The molecule has 96 valence electrons. The van der Waals surface area contributed by atoms with Crippen LogP contribution in [0.4, 0.5) is 0 Å². The Balaban J connectivity index is 2.22. The number of nitrogens with zero attached hydrogens (tertiary/aromatic N) is 1. The van der Waals surface area contributed by atoms with E-state index in [2.05, 4.69) is 41.2 Å². The minimum atomic E-state index is -0.0519. The van der Waals surface area contributed by atoms with Gasteiger partial charge in [-0.05, 0) is 24.5 Å². The van der Waals surface area contributed by atoms with Gasteiger partial charge in [-0.15, -0.1) is 11.3 Å². The molecular weight excluding hydrogens is 256 g/mol. The molecule has 2 heterocycles. The summed E-state index contributed by atoms with van der Waals surface area (Å²) in [4.78, 5) is 19.1. The van der Waals surface area contributed by atoms with Gasteiger partial charge < -0.3 is 4.98 Å². The van der Waals surface area contributed by atoms with Gasteiger partial charge in [0.1, 0.15) is 10.5 Å². The van der Waals surface area contributed by atoms with Gasteiger partial charge in [0.05, 0.1) is 5.52 Å². The zero-order valence-electron chi connectivity index (χ0n) is 10.9. The summed E-state index contributed by atoms with van der Waals surface area (Å²) in [5.74, 6) is 0.655. The molecule has 0 saturated heterocycles. The van der Waals surface area contributed by atoms with Gasteiger partial charge in [-0.2, -0.15) is 0 Å². The van der Waals surface area contributed by atoms with Gasteiger partial charge in [0, 0.05) is 10.9 Å². The third kappa shape index (κ3) is 2.08. The van der Waals surface area contributed by atoms with E-state index >= 15 is 0 Å². The highest BCUT2D eigenvalue weighted by Gasteiger charge is 2.11. The number of thiophene rings is 1. The number of aromatic amines is 1. The Kier molecular flexibility index (Phi) is 2.95. The zero-order valence-corrected chi connectivity index (χ0v) is 11.7. The Morgan fingerprint density at radius 1 is 1.26 bits per heavy atom. The van der Waals surface area contributed by atoms with Gasteiger partial charge in [-0.1, -0.05) is 31.2 Å². The molecule has 19 heavy (non-hydrogen) atoms. The summed E-state index contributed by atoms with van der Waals surface area (Å²) in [6, 6.07) is 8.44. The van der Waals surface area contributed by atoms with Crippen molar-refractivity contribution in [2.75, 3.05) is 0 Å². The molecule has 0 amide bonds. The zero-order chi connectivity index (χ0) is 13.4. The second kappa shape index (κ2) is 4.63. The highest BCUT2D eigenvalue weighted by molar-refractivity contribution is 7.17. The number of hydrogen-bond donors (Lipinski definition) is 1. The molecule has 4 heteroatoms. The number of aromatic nitrogens is 2. The van der Waals surface area contributed by atoms with Crippen molar-refractivity contribution in [2.24, 2.45) is 0 Å². The third-order valence-electron chi connectivity index (χ3n) is 3.22. The summed E-state index contributed by atoms with van der Waals surface area (Å²) < 4.78 is 0.695. The van der Waals surface area contributed by atoms with E-state index < -0.39 is 0 Å². The lowest BCUT2D eigenvalue weighted by atomic mass is 10.0. The average Bonchev–Trinajstić information content (AvgIpc) is 2.83. The molecule has 0 fully saturated rings. The molecule has 1 aromatic carbocycles. The third-order valence-corrected chi connectivity index (χ3v) is 4.19. The van der Waals surface area contributed by atoms with Gasteiger partial charge in [-0.25, -0.2) is 4.98 Å². The molecule has 0 spiro atoms. The normalized spacial score (nSPS) is 11.1. The van der Waals surface area contributed by atoms with E-state index in [1.807, 2.05) is 12.3 Å². The highest BCUT2D eigenvalue weighted by Crippen LogP contribution is 2.30. The Labute approximate surface area is 115 Å². The first kappa shape index (κ1) is 12.1. The molecule has 0 radical (unpaired) electrons. The van der Waals surface area contributed by atoms with Gasteiger partial charge in [0.25, 0.3) is 5.56 Å². The number of hydrogen-bond acceptors (Lipinski definition) is 3. The van der Waals surface area contributed by atoms with E-state index in [1.165, 1.54) is 16.9 Å². The highest BCUT2D eigenvalue weighted by atomic mass is 32.1. The van der Waals surface area contributed by atoms with E-state index in [4.69, 9.17) is 0 Å². The molecule has 3 rings (SSSR count). The lowest BCUT2D eigenvalue weighted by Gasteiger charge is -2.02. The summed E-state index contributed by atoms with van der Waals surface area (Å²) in [6.07, 6.45) is 1.03. The average molecular weight is 270 g/mol. The van der Waals surface area contributed by atoms with Crippen LogP contribution in [0.2, 0.25) is 0 Å². The van der Waals surface area contributed by atoms with Gasteiger partial charge >= 0.3 is 0 Å². The fraction of sp³-hybridized carbons (Fsp3) is 0.200. The van der Waals surface area contributed by atoms with Crippen LogP contribution in [-0.2, 0) is 6.42 Å². The van der Waals surface area contributed by atoms with E-state index in [0.29, 0.717) is 10.5 Å². The number of H-pyrrole nitrogens is 1. The molecule has 0 saturated carbocycles. The quantitative estimate of drug-likeness (QED) is 0.774. The number of benzene rings is 1. The van der Waals surface area contributed by atoms with Crippen LogP contribution in [0.1, 0.15) is 18.3 Å². The molecule has 0 bridgehead atoms. The first-order valence-corrected chi connectivity index (χ1v) is 7.14. The maximum absolute atomic E-state index is 11.9. The molecule has 2 aromatic heterocycles. The van der Waals surface area contributed by atoms with E-state index in [0.717, 1.165) is 23.1 Å². The SMILES string of the molecule is CCc1ccc(-c2csc3c(=O)[nH]c(C)nc23)cc1. The predicted molar refractivity (Wildman–Crippen MR) is 79.8 cm³/mol. The molecule has 1 N–H and O–H groups in total. The van der Waals surface area contributed by atoms with Crippen LogP contribution in [-0.4, -0.2) is 9.97 Å². The minimum Gasteiger partial charge on any atom is -0.310 e. The Hall–Kier alpha value is -1.94. The summed E-state index contributed by atoms with van der Waals surface area (Å²) in [7, 11) is 0. The number of aryl methyl sites for hydroxylation is 2. The number of rotatable bonds is 2. The standard InChI is InChI=1S/C15H14N2OS/c1-3-10-4-6-11(7-5-10)12-8-19-14-13(12)16-9(2)17-15(14)18/h4-8H,3H2,1-2H3,(H,16,17,18). The Bertz CT molecular complexity index is 784. The predicted octanol–water partition coefficient (Wildman–Crippen LogP) is 3.52. The molecule has 0 aliphatic rings. The number of fused-ring (bicyclic) bond motifs is 1. The number of nitrogens with one attached hydrogen (secondary N) is 1. The van der Waals surface area contributed by atoms with Crippen molar-refractivity contribution in [3.63, 3.8) is 0 Å². The van der Waals surface area contributed by atoms with Gasteiger partial charge in [-0.3, -0.25) is 4.79 Å². The second-order valence-electron chi connectivity index (χ2n) is 4.53. The maximum Gasteiger partial charge on any atom is 0.268 e. The van der Waals surface area contributed by atoms with Crippen molar-refractivity contribution >= 4 is 21.6 Å². The van der Waals surface area contributed by atoms with Crippen LogP contribution in [0.5, 0.6) is 0 Å². The summed E-state index contributed by atoms with van der Waals surface area (Å²) in [5, 5.41) is 2.01. The van der Waals surface area contributed by atoms with Crippen molar-refractivity contribution in [1.82, 2.24) is 9.97 Å². The summed E-state index contributed by atoms with van der Waals surface area (Å²) >= 11 is 1.45. The van der Waals surface area contributed by atoms with Gasteiger partial charge in [0.2, 0.25) is 0 Å². The second-order valence-corrected chi connectivity index (χ2v) is 5.41. The van der Waals surface area contributed by atoms with E-state index in [1.54, 1.807) is 0 Å². The van der Waals surface area contributed by atoms with Crippen molar-refractivity contribution in [3.8, 4) is 11.1 Å². The van der Waals surface area contributed by atoms with Crippen molar-refractivity contribution in [2.45, 2.75) is 20.3 Å². The van der Waals surface area contributed by atoms with Crippen molar-refractivity contribution < 1.29 is 0 Å². The van der Waals surface area contributed by atoms with Crippen LogP contribution >= 0.6 is 11.3 Å². The fourth-order valence-electron chi connectivity index (χ4n) is 2.17. The smallest absolute Gasteiger partial charge is 0.268 e. The lowest BCUT2D eigenvalue weighted by molar-refractivity contribution is 1.06. The van der Waals surface area contributed by atoms with Crippen molar-refractivity contribution in [3.05, 3.63) is 51.4 Å². The molecule has 3 nitrogen and oxygen atoms in total. The van der Waals surface area contributed by atoms with Crippen molar-refractivity contribution in [1.29, 1.82) is 0 Å². The molecule has 0 unspecified atom stereocenters. The minimum absolute atomic E-state index is 0.0519. The monoisotopic (exact) mass is 270 g/mol. The lowest BCUT2D eigenvalue weighted by Crippen LogP contribution is -2.07. The van der Waals surface area contributed by atoms with Crippen LogP contribution in [0.3, 0.4) is 0 Å². The van der Waals surface area contributed by atoms with Gasteiger partial charge in [0.15, 0.2) is 0 Å². The first-order valence-electron chi connectivity index (χ1n) is 6.26. The molecular formula is C15H14N2OS. The Morgan fingerprint density at radius 3 is 2.68 bits per heavy atom. The Morgan fingerprint density at radius 2 is 2.00 bits per heavy atom.